The smallest absolute Gasteiger partial charge is 0.416 e. The number of benzene rings is 2. The molecule has 0 aliphatic carbocycles. The number of carbonyl (C=O) groups excluding carboxylic acids is 3. The van der Waals surface area contributed by atoms with E-state index in [0.717, 1.165) is 23.8 Å². The Balaban J connectivity index is 1.54. The molecule has 0 spiro atoms. The van der Waals surface area contributed by atoms with Crippen molar-refractivity contribution >= 4 is 23.5 Å². The summed E-state index contributed by atoms with van der Waals surface area (Å²) in [7, 11) is 0. The molecule has 178 valence electrons. The summed E-state index contributed by atoms with van der Waals surface area (Å²) in [6.07, 6.45) is -2.39. The van der Waals surface area contributed by atoms with E-state index in [2.05, 4.69) is 20.7 Å². The number of esters is 1. The van der Waals surface area contributed by atoms with Gasteiger partial charge in [0, 0.05) is 12.1 Å². The maximum atomic E-state index is 13.1. The summed E-state index contributed by atoms with van der Waals surface area (Å²) in [6.45, 7) is 1.04. The van der Waals surface area contributed by atoms with E-state index in [0.29, 0.717) is 5.56 Å². The number of aryl methyl sites for hydroxylation is 1. The minimum Gasteiger partial charge on any atom is -0.456 e. The number of nitrogens with one attached hydrogen (secondary N) is 2. The van der Waals surface area contributed by atoms with Gasteiger partial charge in [0.05, 0.1) is 23.4 Å². The fourth-order valence-corrected chi connectivity index (χ4v) is 2.95. The van der Waals surface area contributed by atoms with Crippen molar-refractivity contribution in [3.8, 4) is 5.69 Å². The molecule has 1 aromatic heterocycles. The molecule has 0 unspecified atom stereocenters. The molecule has 0 saturated carbocycles. The molecule has 2 amide bonds. The van der Waals surface area contributed by atoms with Crippen molar-refractivity contribution in [2.45, 2.75) is 19.5 Å². The lowest BCUT2D eigenvalue weighted by Crippen LogP contribution is -2.28. The van der Waals surface area contributed by atoms with E-state index in [9.17, 15) is 27.6 Å². The van der Waals surface area contributed by atoms with E-state index in [1.54, 1.807) is 31.2 Å². The highest BCUT2D eigenvalue weighted by Crippen LogP contribution is 2.33. The van der Waals surface area contributed by atoms with Gasteiger partial charge < -0.3 is 15.4 Å². The Morgan fingerprint density at radius 3 is 2.56 bits per heavy atom. The Labute approximate surface area is 191 Å². The fourth-order valence-electron chi connectivity index (χ4n) is 2.95. The van der Waals surface area contributed by atoms with Crippen molar-refractivity contribution < 1.29 is 32.3 Å². The summed E-state index contributed by atoms with van der Waals surface area (Å²) >= 11 is 0. The molecular formula is C22H20F3N5O4. The Kier molecular flexibility index (Phi) is 7.61. The standard InChI is InChI=1S/C22H20F3N5O4/c1-14-4-2-3-5-16(14)21(33)27-9-8-20(32)34-11-19(31)29-17-10-15(22(23,24)25)6-7-18(17)30-13-26-12-28-30/h2-7,10,12-13H,8-9,11H2,1H3,(H,27,33)(H,29,31). The average Bonchev–Trinajstić information content (AvgIpc) is 3.32. The summed E-state index contributed by atoms with van der Waals surface area (Å²) < 4.78 is 45.3. The normalized spacial score (nSPS) is 11.1. The van der Waals surface area contributed by atoms with Gasteiger partial charge in [0.25, 0.3) is 11.8 Å². The number of halogens is 3. The van der Waals surface area contributed by atoms with Gasteiger partial charge in [-0.3, -0.25) is 14.4 Å². The van der Waals surface area contributed by atoms with Crippen LogP contribution in [-0.2, 0) is 20.5 Å². The fraction of sp³-hybridized carbons (Fsp3) is 0.227. The van der Waals surface area contributed by atoms with Crippen LogP contribution in [-0.4, -0.2) is 45.7 Å². The molecule has 34 heavy (non-hydrogen) atoms. The van der Waals surface area contributed by atoms with Crippen LogP contribution in [0.4, 0.5) is 18.9 Å². The van der Waals surface area contributed by atoms with Crippen molar-refractivity contribution in [1.29, 1.82) is 0 Å². The predicted octanol–water partition coefficient (Wildman–Crippen LogP) is 2.90. The lowest BCUT2D eigenvalue weighted by Gasteiger charge is -2.14. The van der Waals surface area contributed by atoms with Crippen molar-refractivity contribution in [3.63, 3.8) is 0 Å². The van der Waals surface area contributed by atoms with Crippen LogP contribution < -0.4 is 10.6 Å². The van der Waals surface area contributed by atoms with Crippen molar-refractivity contribution in [1.82, 2.24) is 20.1 Å². The van der Waals surface area contributed by atoms with Gasteiger partial charge in [0.15, 0.2) is 6.61 Å². The van der Waals surface area contributed by atoms with Crippen LogP contribution in [0.5, 0.6) is 0 Å². The number of ether oxygens (including phenoxy) is 1. The molecule has 12 heteroatoms. The molecule has 0 aliphatic rings. The Morgan fingerprint density at radius 1 is 1.12 bits per heavy atom. The first-order chi connectivity index (χ1) is 16.1. The molecule has 3 aromatic rings. The minimum atomic E-state index is -4.63. The summed E-state index contributed by atoms with van der Waals surface area (Å²) in [4.78, 5) is 40.0. The van der Waals surface area contributed by atoms with E-state index >= 15 is 0 Å². The molecule has 0 fully saturated rings. The van der Waals surface area contributed by atoms with Crippen LogP contribution in [0.3, 0.4) is 0 Å². The third kappa shape index (κ3) is 6.40. The number of carbonyl (C=O) groups is 3. The monoisotopic (exact) mass is 475 g/mol. The predicted molar refractivity (Wildman–Crippen MR) is 114 cm³/mol. The van der Waals surface area contributed by atoms with Gasteiger partial charge in [-0.2, -0.15) is 18.3 Å². The summed E-state index contributed by atoms with van der Waals surface area (Å²) in [6, 6.07) is 9.66. The van der Waals surface area contributed by atoms with E-state index in [-0.39, 0.29) is 30.2 Å². The molecule has 0 atom stereocenters. The quantitative estimate of drug-likeness (QED) is 0.484. The number of anilines is 1. The lowest BCUT2D eigenvalue weighted by atomic mass is 10.1. The van der Waals surface area contributed by atoms with Gasteiger partial charge in [-0.05, 0) is 36.8 Å². The third-order valence-electron chi connectivity index (χ3n) is 4.63. The van der Waals surface area contributed by atoms with E-state index in [4.69, 9.17) is 4.74 Å². The zero-order chi connectivity index (χ0) is 24.7. The molecule has 2 N–H and O–H groups in total. The second-order valence-electron chi connectivity index (χ2n) is 7.10. The van der Waals surface area contributed by atoms with Gasteiger partial charge >= 0.3 is 12.1 Å². The molecule has 9 nitrogen and oxygen atoms in total. The van der Waals surface area contributed by atoms with E-state index < -0.39 is 30.2 Å². The zero-order valence-electron chi connectivity index (χ0n) is 17.9. The van der Waals surface area contributed by atoms with E-state index in [1.807, 2.05) is 0 Å². The second kappa shape index (κ2) is 10.6. The van der Waals surface area contributed by atoms with Crippen LogP contribution >= 0.6 is 0 Å². The number of hydrogen-bond donors (Lipinski definition) is 2. The molecule has 1 heterocycles. The summed E-state index contributed by atoms with van der Waals surface area (Å²) in [5.41, 5.74) is 0.225. The number of hydrogen-bond acceptors (Lipinski definition) is 6. The van der Waals surface area contributed by atoms with Crippen LogP contribution in [0.25, 0.3) is 5.69 Å². The first kappa shape index (κ1) is 24.4. The summed E-state index contributed by atoms with van der Waals surface area (Å²) in [5, 5.41) is 8.72. The Morgan fingerprint density at radius 2 is 1.88 bits per heavy atom. The maximum Gasteiger partial charge on any atom is 0.416 e. The first-order valence-corrected chi connectivity index (χ1v) is 10.0. The van der Waals surface area contributed by atoms with Gasteiger partial charge in [0.2, 0.25) is 0 Å². The first-order valence-electron chi connectivity index (χ1n) is 10.0. The van der Waals surface area contributed by atoms with Crippen LogP contribution in [0.1, 0.15) is 27.9 Å². The number of amides is 2. The highest BCUT2D eigenvalue weighted by Gasteiger charge is 2.31. The minimum absolute atomic E-state index is 0.0162. The second-order valence-corrected chi connectivity index (χ2v) is 7.10. The Hall–Kier alpha value is -4.22. The Bertz CT molecular complexity index is 1180. The largest absolute Gasteiger partial charge is 0.456 e. The molecule has 2 aromatic carbocycles. The number of rotatable bonds is 8. The topological polar surface area (TPSA) is 115 Å². The van der Waals surface area contributed by atoms with Crippen molar-refractivity contribution in [2.75, 3.05) is 18.5 Å². The number of nitrogens with zero attached hydrogens (tertiary/aromatic N) is 3. The lowest BCUT2D eigenvalue weighted by molar-refractivity contribution is -0.147. The van der Waals surface area contributed by atoms with Crippen LogP contribution in [0.2, 0.25) is 0 Å². The molecule has 3 rings (SSSR count). The average molecular weight is 475 g/mol. The van der Waals surface area contributed by atoms with Gasteiger partial charge in [-0.15, -0.1) is 0 Å². The maximum absolute atomic E-state index is 13.1. The zero-order valence-corrected chi connectivity index (χ0v) is 17.9. The number of aromatic nitrogens is 3. The van der Waals surface area contributed by atoms with Crippen LogP contribution in [0.15, 0.2) is 55.1 Å². The van der Waals surface area contributed by atoms with E-state index in [1.165, 1.54) is 17.3 Å². The van der Waals surface area contributed by atoms with Gasteiger partial charge in [0.1, 0.15) is 12.7 Å². The highest BCUT2D eigenvalue weighted by atomic mass is 19.4. The third-order valence-corrected chi connectivity index (χ3v) is 4.63. The van der Waals surface area contributed by atoms with Crippen LogP contribution in [0, 0.1) is 6.92 Å². The molecular weight excluding hydrogens is 455 g/mol. The number of alkyl halides is 3. The molecule has 0 radical (unpaired) electrons. The molecule has 0 saturated heterocycles. The molecule has 0 bridgehead atoms. The highest BCUT2D eigenvalue weighted by molar-refractivity contribution is 5.96. The van der Waals surface area contributed by atoms with Gasteiger partial charge in [-0.1, -0.05) is 18.2 Å². The summed E-state index contributed by atoms with van der Waals surface area (Å²) in [5.74, 6) is -1.97. The van der Waals surface area contributed by atoms with Gasteiger partial charge in [-0.25, -0.2) is 9.67 Å². The van der Waals surface area contributed by atoms with Crippen molar-refractivity contribution in [2.24, 2.45) is 0 Å². The molecule has 0 aliphatic heterocycles. The van der Waals surface area contributed by atoms with Crippen molar-refractivity contribution in [3.05, 3.63) is 71.8 Å². The SMILES string of the molecule is Cc1ccccc1C(=O)NCCC(=O)OCC(=O)Nc1cc(C(F)(F)F)ccc1-n1cncn1.